The summed E-state index contributed by atoms with van der Waals surface area (Å²) >= 11 is 0. The van der Waals surface area contributed by atoms with E-state index in [2.05, 4.69) is 181 Å². The lowest BCUT2D eigenvalue weighted by molar-refractivity contribution is 0.435. The molecule has 1 aliphatic heterocycles. The Bertz CT molecular complexity index is 3160. The van der Waals surface area contributed by atoms with E-state index in [0.29, 0.717) is 0 Å². The molecule has 1 unspecified atom stereocenters. The number of rotatable bonds is 3. The Morgan fingerprint density at radius 2 is 1.02 bits per heavy atom. The molecule has 1 spiro atoms. The number of benzene rings is 9. The van der Waals surface area contributed by atoms with Crippen LogP contribution in [0.5, 0.6) is 11.5 Å². The molecule has 2 aliphatic rings. The zero-order valence-electron chi connectivity index (χ0n) is 29.2. The molecule has 3 nitrogen and oxygen atoms in total. The van der Waals surface area contributed by atoms with Gasteiger partial charge in [-0.3, -0.25) is 0 Å². The van der Waals surface area contributed by atoms with Crippen LogP contribution >= 0.6 is 0 Å². The average Bonchev–Trinajstić information content (AvgIpc) is 3.61. The van der Waals surface area contributed by atoms with E-state index in [0.717, 1.165) is 61.6 Å². The lowest BCUT2D eigenvalue weighted by atomic mass is 9.58. The van der Waals surface area contributed by atoms with Crippen LogP contribution in [0.25, 0.3) is 54.6 Å². The topological polar surface area (TPSA) is 25.6 Å². The molecule has 1 aromatic heterocycles. The Morgan fingerprint density at radius 1 is 0.389 bits per heavy atom. The Labute approximate surface area is 311 Å². The molecule has 0 amide bonds. The highest BCUT2D eigenvalue weighted by molar-refractivity contribution is 6.08. The highest BCUT2D eigenvalue weighted by Gasteiger charge is 2.49. The SMILES string of the molecule is c1ccc2c(c1)Oc1ccc(N(c3ccc4c(c3)oc3ccccc34)c3cccc4ccccc34)cc1C21c2ccccc2-c2cccc3cccc1c23. The van der Waals surface area contributed by atoms with Crippen molar-refractivity contribution >= 4 is 60.5 Å². The predicted octanol–water partition coefficient (Wildman–Crippen LogP) is 13.8. The van der Waals surface area contributed by atoms with Gasteiger partial charge in [-0.2, -0.15) is 0 Å². The van der Waals surface area contributed by atoms with Crippen molar-refractivity contribution in [3.63, 3.8) is 0 Å². The lowest BCUT2D eigenvalue weighted by Crippen LogP contribution is -2.36. The number of hydrogen-bond donors (Lipinski definition) is 0. The third-order valence-electron chi connectivity index (χ3n) is 11.7. The summed E-state index contributed by atoms with van der Waals surface area (Å²) in [5.41, 5.74) is 11.5. The van der Waals surface area contributed by atoms with Crippen LogP contribution in [0.2, 0.25) is 0 Å². The first-order valence-corrected chi connectivity index (χ1v) is 18.5. The molecule has 2 heterocycles. The summed E-state index contributed by atoms with van der Waals surface area (Å²) in [6.45, 7) is 0. The number of para-hydroxylation sites is 2. The monoisotopic (exact) mass is 689 g/mol. The molecule has 0 saturated carbocycles. The van der Waals surface area contributed by atoms with Crippen molar-refractivity contribution in [3.05, 3.63) is 210 Å². The highest BCUT2D eigenvalue weighted by atomic mass is 16.5. The largest absolute Gasteiger partial charge is 0.457 e. The molecule has 252 valence electrons. The van der Waals surface area contributed by atoms with Crippen molar-refractivity contribution in [1.29, 1.82) is 0 Å². The van der Waals surface area contributed by atoms with Crippen molar-refractivity contribution in [1.82, 2.24) is 0 Å². The van der Waals surface area contributed by atoms with Crippen LogP contribution in [0.1, 0.15) is 22.3 Å². The number of nitrogens with zero attached hydrogens (tertiary/aromatic N) is 1. The van der Waals surface area contributed by atoms with Crippen molar-refractivity contribution < 1.29 is 9.15 Å². The van der Waals surface area contributed by atoms with E-state index in [-0.39, 0.29) is 0 Å². The molecule has 0 radical (unpaired) electrons. The van der Waals surface area contributed by atoms with Gasteiger partial charge in [0.05, 0.1) is 11.1 Å². The zero-order chi connectivity index (χ0) is 35.4. The van der Waals surface area contributed by atoms with E-state index in [1.807, 2.05) is 12.1 Å². The molecule has 12 rings (SSSR count). The fourth-order valence-corrected chi connectivity index (χ4v) is 9.50. The van der Waals surface area contributed by atoms with E-state index in [1.54, 1.807) is 0 Å². The lowest BCUT2D eigenvalue weighted by Gasteiger charge is -2.45. The highest BCUT2D eigenvalue weighted by Crippen LogP contribution is 2.61. The first-order valence-electron chi connectivity index (χ1n) is 18.5. The minimum Gasteiger partial charge on any atom is -0.457 e. The van der Waals surface area contributed by atoms with E-state index >= 15 is 0 Å². The maximum atomic E-state index is 6.88. The Morgan fingerprint density at radius 3 is 1.96 bits per heavy atom. The van der Waals surface area contributed by atoms with Crippen LogP contribution in [0.4, 0.5) is 17.1 Å². The smallest absolute Gasteiger partial charge is 0.137 e. The second kappa shape index (κ2) is 11.0. The third kappa shape index (κ3) is 3.90. The van der Waals surface area contributed by atoms with E-state index in [1.165, 1.54) is 43.8 Å². The van der Waals surface area contributed by atoms with Gasteiger partial charge in [-0.25, -0.2) is 0 Å². The average molecular weight is 690 g/mol. The van der Waals surface area contributed by atoms with Crippen LogP contribution in [-0.2, 0) is 5.41 Å². The second-order valence-electron chi connectivity index (χ2n) is 14.4. The molecule has 1 aliphatic carbocycles. The Hall–Kier alpha value is -7.10. The van der Waals surface area contributed by atoms with Gasteiger partial charge in [0.2, 0.25) is 0 Å². The minimum atomic E-state index is -0.641. The zero-order valence-corrected chi connectivity index (χ0v) is 29.2. The summed E-state index contributed by atoms with van der Waals surface area (Å²) in [5, 5.41) is 7.09. The van der Waals surface area contributed by atoms with Gasteiger partial charge in [0, 0.05) is 44.7 Å². The van der Waals surface area contributed by atoms with Crippen molar-refractivity contribution in [2.24, 2.45) is 0 Å². The van der Waals surface area contributed by atoms with E-state index < -0.39 is 5.41 Å². The normalized spacial score (nSPS) is 15.3. The number of anilines is 3. The quantitative estimate of drug-likeness (QED) is 0.185. The van der Waals surface area contributed by atoms with Crippen molar-refractivity contribution in [2.75, 3.05) is 4.90 Å². The molecule has 0 fully saturated rings. The first-order chi connectivity index (χ1) is 26.8. The molecule has 0 bridgehead atoms. The molecule has 1 atom stereocenters. The molecular weight excluding hydrogens is 659 g/mol. The molecule has 0 N–H and O–H groups in total. The van der Waals surface area contributed by atoms with Gasteiger partial charge in [-0.05, 0) is 86.9 Å². The predicted molar refractivity (Wildman–Crippen MR) is 221 cm³/mol. The number of hydrogen-bond acceptors (Lipinski definition) is 3. The summed E-state index contributed by atoms with van der Waals surface area (Å²) in [4.78, 5) is 2.38. The van der Waals surface area contributed by atoms with Gasteiger partial charge in [0.1, 0.15) is 22.7 Å². The van der Waals surface area contributed by atoms with Crippen LogP contribution in [0, 0.1) is 0 Å². The summed E-state index contributed by atoms with van der Waals surface area (Å²) in [6, 6.07) is 67.8. The van der Waals surface area contributed by atoms with Crippen LogP contribution in [0.3, 0.4) is 0 Å². The maximum absolute atomic E-state index is 6.88. The van der Waals surface area contributed by atoms with Gasteiger partial charge < -0.3 is 14.1 Å². The molecule has 3 heteroatoms. The van der Waals surface area contributed by atoms with Gasteiger partial charge in [-0.15, -0.1) is 0 Å². The van der Waals surface area contributed by atoms with Crippen molar-refractivity contribution in [2.45, 2.75) is 5.41 Å². The van der Waals surface area contributed by atoms with Crippen LogP contribution < -0.4 is 9.64 Å². The second-order valence-corrected chi connectivity index (χ2v) is 14.4. The summed E-state index contributed by atoms with van der Waals surface area (Å²) in [6.07, 6.45) is 0. The Balaban J connectivity index is 1.19. The van der Waals surface area contributed by atoms with Gasteiger partial charge in [0.25, 0.3) is 0 Å². The molecule has 10 aromatic rings. The van der Waals surface area contributed by atoms with Crippen LogP contribution in [0.15, 0.2) is 192 Å². The molecular formula is C51H31NO2. The van der Waals surface area contributed by atoms with Crippen LogP contribution in [-0.4, -0.2) is 0 Å². The molecule has 54 heavy (non-hydrogen) atoms. The first kappa shape index (κ1) is 29.5. The maximum Gasteiger partial charge on any atom is 0.137 e. The standard InChI is InChI=1S/C51H31NO2/c1-2-16-36-32(12-1)13-11-23-45(36)52(35-26-28-39-38-18-4-7-24-46(38)53-49(39)31-35)34-27-29-48-44(30-34)51(42-21-6-8-25-47(42)54-48)41-20-5-3-17-37(41)40-19-9-14-33-15-10-22-43(51)50(33)40/h1-31H. The molecule has 9 aromatic carbocycles. The van der Waals surface area contributed by atoms with Crippen molar-refractivity contribution in [3.8, 4) is 22.6 Å². The van der Waals surface area contributed by atoms with Gasteiger partial charge in [-0.1, -0.05) is 133 Å². The van der Waals surface area contributed by atoms with Gasteiger partial charge >= 0.3 is 0 Å². The number of fused-ring (bicyclic) bond motifs is 12. The van der Waals surface area contributed by atoms with E-state index in [4.69, 9.17) is 9.15 Å². The fraction of sp³-hybridized carbons (Fsp3) is 0.0196. The molecule has 0 saturated heterocycles. The number of ether oxygens (including phenoxy) is 1. The summed E-state index contributed by atoms with van der Waals surface area (Å²) in [5.74, 6) is 1.74. The number of furan rings is 1. The van der Waals surface area contributed by atoms with Gasteiger partial charge in [0.15, 0.2) is 0 Å². The third-order valence-corrected chi connectivity index (χ3v) is 11.7. The minimum absolute atomic E-state index is 0.641. The Kier molecular flexibility index (Phi) is 5.98. The summed E-state index contributed by atoms with van der Waals surface area (Å²) in [7, 11) is 0. The van der Waals surface area contributed by atoms with E-state index in [9.17, 15) is 0 Å². The summed E-state index contributed by atoms with van der Waals surface area (Å²) < 4.78 is 13.4. The fourth-order valence-electron chi connectivity index (χ4n) is 9.50.